The van der Waals surface area contributed by atoms with Crippen LogP contribution in [0.1, 0.15) is 10.5 Å². The second-order valence-corrected chi connectivity index (χ2v) is 2.75. The number of aromatic nitrogens is 3. The van der Waals surface area contributed by atoms with Gasteiger partial charge in [-0.25, -0.2) is 9.50 Å². The Morgan fingerprint density at radius 3 is 3.00 bits per heavy atom. The van der Waals surface area contributed by atoms with Crippen molar-refractivity contribution in [1.82, 2.24) is 14.6 Å². The van der Waals surface area contributed by atoms with E-state index in [9.17, 15) is 4.79 Å². The van der Waals surface area contributed by atoms with Gasteiger partial charge in [0.25, 0.3) is 5.91 Å². The molecule has 0 aliphatic heterocycles. The van der Waals surface area contributed by atoms with Crippen LogP contribution >= 0.6 is 0 Å². The van der Waals surface area contributed by atoms with E-state index in [1.54, 1.807) is 19.2 Å². The van der Waals surface area contributed by atoms with Crippen LogP contribution in [0, 0.1) is 0 Å². The Hall–Kier alpha value is -2.11. The fourth-order valence-corrected chi connectivity index (χ4v) is 1.17. The van der Waals surface area contributed by atoms with Crippen LogP contribution in [-0.4, -0.2) is 27.6 Å². The average Bonchev–Trinajstić information content (AvgIpc) is 2.59. The molecule has 2 rings (SSSR count). The lowest BCUT2D eigenvalue weighted by atomic mass is 10.4. The van der Waals surface area contributed by atoms with Gasteiger partial charge in [0.15, 0.2) is 5.65 Å². The van der Waals surface area contributed by atoms with Crippen molar-refractivity contribution < 1.29 is 4.79 Å². The lowest BCUT2D eigenvalue weighted by molar-refractivity contribution is 0.0993. The number of carbonyl (C=O) groups is 1. The SMILES string of the molecule is CNc1ccc2ncc(C(N)=O)n2n1. The van der Waals surface area contributed by atoms with Crippen LogP contribution < -0.4 is 11.1 Å². The molecule has 0 saturated heterocycles. The zero-order valence-corrected chi connectivity index (χ0v) is 7.56. The van der Waals surface area contributed by atoms with Crippen LogP contribution in [0.2, 0.25) is 0 Å². The van der Waals surface area contributed by atoms with Gasteiger partial charge in [0.2, 0.25) is 0 Å². The van der Waals surface area contributed by atoms with Crippen LogP contribution in [0.4, 0.5) is 5.82 Å². The average molecular weight is 191 g/mol. The van der Waals surface area contributed by atoms with E-state index < -0.39 is 5.91 Å². The lowest BCUT2D eigenvalue weighted by Gasteiger charge is -2.00. The molecular weight excluding hydrogens is 182 g/mol. The smallest absolute Gasteiger partial charge is 0.269 e. The Balaban J connectivity index is 2.69. The van der Waals surface area contributed by atoms with Crippen LogP contribution in [0.5, 0.6) is 0 Å². The molecule has 0 saturated carbocycles. The summed E-state index contributed by atoms with van der Waals surface area (Å²) < 4.78 is 1.41. The van der Waals surface area contributed by atoms with Crippen molar-refractivity contribution in [2.45, 2.75) is 0 Å². The maximum absolute atomic E-state index is 11.0. The second kappa shape index (κ2) is 2.99. The summed E-state index contributed by atoms with van der Waals surface area (Å²) in [6, 6.07) is 3.53. The molecule has 0 spiro atoms. The number of nitrogens with zero attached hydrogens (tertiary/aromatic N) is 3. The third kappa shape index (κ3) is 1.17. The number of carbonyl (C=O) groups excluding carboxylic acids is 1. The molecule has 2 aromatic heterocycles. The van der Waals surface area contributed by atoms with Crippen molar-refractivity contribution in [3.05, 3.63) is 24.0 Å². The lowest BCUT2D eigenvalue weighted by Crippen LogP contribution is -2.15. The summed E-state index contributed by atoms with van der Waals surface area (Å²) in [7, 11) is 1.75. The Morgan fingerprint density at radius 1 is 1.57 bits per heavy atom. The van der Waals surface area contributed by atoms with Gasteiger partial charge in [-0.05, 0) is 12.1 Å². The van der Waals surface area contributed by atoms with Crippen LogP contribution in [0.15, 0.2) is 18.3 Å². The summed E-state index contributed by atoms with van der Waals surface area (Å²) in [5, 5.41) is 6.98. The summed E-state index contributed by atoms with van der Waals surface area (Å²) in [5.74, 6) is 0.108. The first-order valence-corrected chi connectivity index (χ1v) is 4.04. The number of imidazole rings is 1. The molecule has 0 aromatic carbocycles. The number of nitrogens with two attached hydrogens (primary N) is 1. The fourth-order valence-electron chi connectivity index (χ4n) is 1.17. The second-order valence-electron chi connectivity index (χ2n) is 2.75. The number of anilines is 1. The largest absolute Gasteiger partial charge is 0.372 e. The van der Waals surface area contributed by atoms with Gasteiger partial charge in [-0.1, -0.05) is 0 Å². The molecule has 2 aromatic rings. The standard InChI is InChI=1S/C8H9N5O/c1-10-6-2-3-7-11-4-5(8(9)14)13(7)12-6/h2-4H,1H3,(H2,9,14)(H,10,12). The van der Waals surface area contributed by atoms with E-state index in [4.69, 9.17) is 5.73 Å². The first-order valence-electron chi connectivity index (χ1n) is 4.04. The minimum Gasteiger partial charge on any atom is -0.372 e. The molecule has 72 valence electrons. The Morgan fingerprint density at radius 2 is 2.36 bits per heavy atom. The zero-order valence-electron chi connectivity index (χ0n) is 7.56. The number of fused-ring (bicyclic) bond motifs is 1. The number of rotatable bonds is 2. The molecule has 14 heavy (non-hydrogen) atoms. The summed E-state index contributed by atoms with van der Waals surface area (Å²) in [6.45, 7) is 0. The highest BCUT2D eigenvalue weighted by Gasteiger charge is 2.09. The molecule has 1 amide bonds. The van der Waals surface area contributed by atoms with Gasteiger partial charge >= 0.3 is 0 Å². The van der Waals surface area contributed by atoms with Crippen LogP contribution in [-0.2, 0) is 0 Å². The minimum absolute atomic E-state index is 0.275. The molecule has 0 radical (unpaired) electrons. The summed E-state index contributed by atoms with van der Waals surface area (Å²) in [6.07, 6.45) is 1.41. The van der Waals surface area contributed by atoms with Gasteiger partial charge in [0.1, 0.15) is 11.5 Å². The van der Waals surface area contributed by atoms with Crippen molar-refractivity contribution in [2.24, 2.45) is 5.73 Å². The maximum atomic E-state index is 11.0. The molecule has 6 heteroatoms. The van der Waals surface area contributed by atoms with Gasteiger partial charge in [-0.15, -0.1) is 5.10 Å². The number of nitrogens with one attached hydrogen (secondary N) is 1. The number of hydrogen-bond donors (Lipinski definition) is 2. The van der Waals surface area contributed by atoms with Crippen molar-refractivity contribution in [3.63, 3.8) is 0 Å². The van der Waals surface area contributed by atoms with Gasteiger partial charge in [-0.3, -0.25) is 4.79 Å². The van der Waals surface area contributed by atoms with Gasteiger partial charge in [0.05, 0.1) is 6.20 Å². The van der Waals surface area contributed by atoms with E-state index in [1.807, 2.05) is 0 Å². The number of amides is 1. The van der Waals surface area contributed by atoms with E-state index in [1.165, 1.54) is 10.7 Å². The molecule has 0 aliphatic rings. The van der Waals surface area contributed by atoms with E-state index >= 15 is 0 Å². The number of primary amides is 1. The predicted molar refractivity (Wildman–Crippen MR) is 51.1 cm³/mol. The minimum atomic E-state index is -0.543. The van der Waals surface area contributed by atoms with Gasteiger partial charge in [-0.2, -0.15) is 0 Å². The molecule has 3 N–H and O–H groups in total. The Labute approximate surface area is 79.7 Å². The van der Waals surface area contributed by atoms with Crippen molar-refractivity contribution in [2.75, 3.05) is 12.4 Å². The highest BCUT2D eigenvalue weighted by Crippen LogP contribution is 2.07. The highest BCUT2D eigenvalue weighted by atomic mass is 16.1. The molecule has 0 bridgehead atoms. The molecule has 6 nitrogen and oxygen atoms in total. The molecule has 2 heterocycles. The third-order valence-electron chi connectivity index (χ3n) is 1.87. The van der Waals surface area contributed by atoms with Crippen molar-refractivity contribution >= 4 is 17.4 Å². The van der Waals surface area contributed by atoms with Crippen molar-refractivity contribution in [3.8, 4) is 0 Å². The first-order chi connectivity index (χ1) is 6.72. The summed E-state index contributed by atoms with van der Waals surface area (Å²) >= 11 is 0. The van der Waals surface area contributed by atoms with Gasteiger partial charge < -0.3 is 11.1 Å². The maximum Gasteiger partial charge on any atom is 0.269 e. The molecule has 0 aliphatic carbocycles. The number of hydrogen-bond acceptors (Lipinski definition) is 4. The summed E-state index contributed by atoms with van der Waals surface area (Å²) in [5.41, 5.74) is 6.03. The van der Waals surface area contributed by atoms with E-state index in [0.717, 1.165) is 0 Å². The quantitative estimate of drug-likeness (QED) is 0.692. The molecule has 0 atom stereocenters. The summed E-state index contributed by atoms with van der Waals surface area (Å²) in [4.78, 5) is 15.0. The molecular formula is C8H9N5O. The van der Waals surface area contributed by atoms with E-state index in [0.29, 0.717) is 11.5 Å². The van der Waals surface area contributed by atoms with E-state index in [2.05, 4.69) is 15.4 Å². The van der Waals surface area contributed by atoms with E-state index in [-0.39, 0.29) is 5.69 Å². The van der Waals surface area contributed by atoms with Crippen LogP contribution in [0.25, 0.3) is 5.65 Å². The monoisotopic (exact) mass is 191 g/mol. The molecule has 0 fully saturated rings. The fraction of sp³-hybridized carbons (Fsp3) is 0.125. The van der Waals surface area contributed by atoms with Crippen LogP contribution in [0.3, 0.4) is 0 Å². The Bertz CT molecular complexity index is 489. The Kier molecular flexibility index (Phi) is 1.81. The van der Waals surface area contributed by atoms with Gasteiger partial charge in [0, 0.05) is 7.05 Å². The highest BCUT2D eigenvalue weighted by molar-refractivity contribution is 5.91. The third-order valence-corrected chi connectivity index (χ3v) is 1.87. The van der Waals surface area contributed by atoms with Crippen molar-refractivity contribution in [1.29, 1.82) is 0 Å². The topological polar surface area (TPSA) is 85.3 Å². The molecule has 0 unspecified atom stereocenters. The normalized spacial score (nSPS) is 10.4. The first kappa shape index (κ1) is 8.49. The zero-order chi connectivity index (χ0) is 10.1. The predicted octanol–water partition coefficient (Wildman–Crippen LogP) is -0.130.